The monoisotopic (exact) mass is 424 g/mol. The van der Waals surface area contributed by atoms with Crippen molar-refractivity contribution in [1.29, 1.82) is 0 Å². The summed E-state index contributed by atoms with van der Waals surface area (Å²) in [7, 11) is 0. The Morgan fingerprint density at radius 3 is 1.86 bits per heavy atom. The Bertz CT molecular complexity index is 579. The maximum absolute atomic E-state index is 11.5. The Kier molecular flexibility index (Phi) is 8.28. The molecule has 0 bridgehead atoms. The maximum atomic E-state index is 11.5. The predicted molar refractivity (Wildman–Crippen MR) is 91.8 cm³/mol. The Morgan fingerprint density at radius 1 is 0.828 bits per heavy atom. The van der Waals surface area contributed by atoms with Gasteiger partial charge in [0.1, 0.15) is 48.7 Å². The van der Waals surface area contributed by atoms with E-state index >= 15 is 0 Å². The van der Waals surface area contributed by atoms with Gasteiger partial charge in [-0.3, -0.25) is 9.59 Å². The van der Waals surface area contributed by atoms with Gasteiger partial charge in [-0.1, -0.05) is 0 Å². The third-order valence-corrected chi connectivity index (χ3v) is 4.78. The largest absolute Gasteiger partial charge is 0.394 e. The van der Waals surface area contributed by atoms with Gasteiger partial charge in [0.05, 0.1) is 13.2 Å². The van der Waals surface area contributed by atoms with Crippen molar-refractivity contribution in [2.45, 2.75) is 75.1 Å². The number of aliphatic hydroxyl groups is 6. The van der Waals surface area contributed by atoms with E-state index < -0.39 is 86.3 Å². The molecule has 2 fully saturated rings. The average molecular weight is 424 g/mol. The van der Waals surface area contributed by atoms with Gasteiger partial charge in [0.15, 0.2) is 12.6 Å². The molecule has 29 heavy (non-hydrogen) atoms. The minimum atomic E-state index is -1.66. The van der Waals surface area contributed by atoms with Crippen LogP contribution in [0.4, 0.5) is 0 Å². The first kappa shape index (κ1) is 23.9. The lowest BCUT2D eigenvalue weighted by Gasteiger charge is -2.47. The van der Waals surface area contributed by atoms with E-state index in [1.165, 1.54) is 0 Å². The zero-order valence-electron chi connectivity index (χ0n) is 15.9. The van der Waals surface area contributed by atoms with E-state index in [0.717, 1.165) is 13.8 Å². The summed E-state index contributed by atoms with van der Waals surface area (Å²) in [5, 5.41) is 64.5. The summed E-state index contributed by atoms with van der Waals surface area (Å²) in [5.74, 6) is -1.16. The molecule has 0 aromatic carbocycles. The second-order valence-electron chi connectivity index (χ2n) is 7.00. The van der Waals surface area contributed by atoms with Crippen LogP contribution in [0.2, 0.25) is 0 Å². The molecule has 8 N–H and O–H groups in total. The summed E-state index contributed by atoms with van der Waals surface area (Å²) in [6, 6.07) is -2.59. The van der Waals surface area contributed by atoms with Crippen molar-refractivity contribution in [2.75, 3.05) is 13.2 Å². The molecule has 2 heterocycles. The normalized spacial score (nSPS) is 42.9. The third kappa shape index (κ3) is 5.39. The highest BCUT2D eigenvalue weighted by atomic mass is 16.7. The molecule has 2 aliphatic rings. The Hall–Kier alpha value is -1.42. The zero-order valence-corrected chi connectivity index (χ0v) is 15.9. The summed E-state index contributed by atoms with van der Waals surface area (Å²) >= 11 is 0. The molecular formula is C16H28N2O11. The molecule has 0 spiro atoms. The fraction of sp³-hybridized carbons (Fsp3) is 0.875. The number of amides is 2. The second kappa shape index (κ2) is 10.1. The molecule has 2 saturated heterocycles. The molecule has 4 unspecified atom stereocenters. The lowest BCUT2D eigenvalue weighted by atomic mass is 9.94. The second-order valence-corrected chi connectivity index (χ2v) is 7.00. The summed E-state index contributed by atoms with van der Waals surface area (Å²) in [6.07, 6.45) is -11.8. The number of hydrogen-bond donors (Lipinski definition) is 8. The minimum absolute atomic E-state index is 0.576. The molecule has 0 aromatic rings. The number of aliphatic hydroxyl groups excluding tert-OH is 6. The fourth-order valence-corrected chi connectivity index (χ4v) is 3.38. The van der Waals surface area contributed by atoms with Gasteiger partial charge in [0.25, 0.3) is 0 Å². The Labute approximate surface area is 166 Å². The van der Waals surface area contributed by atoms with Crippen LogP contribution in [0.3, 0.4) is 0 Å². The van der Waals surface area contributed by atoms with Crippen molar-refractivity contribution in [3.63, 3.8) is 0 Å². The Balaban J connectivity index is 2.31. The van der Waals surface area contributed by atoms with E-state index in [0.29, 0.717) is 0 Å². The van der Waals surface area contributed by atoms with Crippen LogP contribution >= 0.6 is 0 Å². The van der Waals surface area contributed by atoms with E-state index in [2.05, 4.69) is 10.6 Å². The molecule has 2 amide bonds. The lowest BCUT2D eigenvalue weighted by molar-refractivity contribution is -0.323. The van der Waals surface area contributed by atoms with E-state index in [4.69, 9.17) is 14.2 Å². The third-order valence-electron chi connectivity index (χ3n) is 4.78. The first-order valence-electron chi connectivity index (χ1n) is 9.05. The zero-order chi connectivity index (χ0) is 21.9. The van der Waals surface area contributed by atoms with Gasteiger partial charge in [-0.2, -0.15) is 0 Å². The van der Waals surface area contributed by atoms with Gasteiger partial charge in [-0.05, 0) is 0 Å². The lowest BCUT2D eigenvalue weighted by Crippen LogP contribution is -2.69. The molecule has 0 saturated carbocycles. The molecule has 2 rings (SSSR count). The van der Waals surface area contributed by atoms with Gasteiger partial charge < -0.3 is 55.5 Å². The van der Waals surface area contributed by atoms with Crippen molar-refractivity contribution in [2.24, 2.45) is 0 Å². The molecule has 0 radical (unpaired) electrons. The fourth-order valence-electron chi connectivity index (χ4n) is 3.38. The van der Waals surface area contributed by atoms with Crippen molar-refractivity contribution in [3.8, 4) is 0 Å². The maximum Gasteiger partial charge on any atom is 0.217 e. The number of carbonyl (C=O) groups excluding carboxylic acids is 2. The van der Waals surface area contributed by atoms with Crippen LogP contribution < -0.4 is 10.6 Å². The van der Waals surface area contributed by atoms with Crippen LogP contribution in [0, 0.1) is 0 Å². The van der Waals surface area contributed by atoms with E-state index in [1.54, 1.807) is 0 Å². The number of nitrogens with one attached hydrogen (secondary N) is 2. The summed E-state index contributed by atoms with van der Waals surface area (Å²) < 4.78 is 16.2. The van der Waals surface area contributed by atoms with Crippen LogP contribution in [0.1, 0.15) is 13.8 Å². The molecule has 2 aliphatic heterocycles. The number of carbonyl (C=O) groups is 2. The molecule has 10 atom stereocenters. The number of ether oxygens (including phenoxy) is 3. The average Bonchev–Trinajstić information content (AvgIpc) is 2.65. The van der Waals surface area contributed by atoms with E-state index in [9.17, 15) is 40.2 Å². The first-order valence-corrected chi connectivity index (χ1v) is 9.05. The van der Waals surface area contributed by atoms with Crippen LogP contribution in [0.25, 0.3) is 0 Å². The van der Waals surface area contributed by atoms with Crippen molar-refractivity contribution < 1.29 is 54.4 Å². The van der Waals surface area contributed by atoms with Gasteiger partial charge >= 0.3 is 0 Å². The molecule has 0 aliphatic carbocycles. The van der Waals surface area contributed by atoms with Crippen LogP contribution in [-0.2, 0) is 23.8 Å². The standard InChI is InChI=1S/C16H28N2O11/c1-5(21)17-9-13(25)11(23)7(3-19)28-16(9)29-14-10(18-6(2)22)15(26)27-8(4-20)12(14)24/h7-16,19-20,23-26H,3-4H2,1-2H3,(H,17,21)(H,18,22)/t7?,8?,9-,10-,11-,12-,13?,14?,15+,16-/m0/s1. The first-order chi connectivity index (χ1) is 13.6. The van der Waals surface area contributed by atoms with Crippen LogP contribution in [0.5, 0.6) is 0 Å². The van der Waals surface area contributed by atoms with E-state index in [1.807, 2.05) is 0 Å². The van der Waals surface area contributed by atoms with Crippen LogP contribution in [0.15, 0.2) is 0 Å². The molecule has 13 heteroatoms. The smallest absolute Gasteiger partial charge is 0.217 e. The number of rotatable bonds is 6. The highest BCUT2D eigenvalue weighted by Crippen LogP contribution is 2.28. The molecule has 168 valence electrons. The Morgan fingerprint density at radius 2 is 1.34 bits per heavy atom. The van der Waals surface area contributed by atoms with Gasteiger partial charge in [0.2, 0.25) is 11.8 Å². The van der Waals surface area contributed by atoms with Gasteiger partial charge in [0, 0.05) is 13.8 Å². The minimum Gasteiger partial charge on any atom is -0.394 e. The quantitative estimate of drug-likeness (QED) is 0.202. The number of hydrogen-bond acceptors (Lipinski definition) is 11. The highest BCUT2D eigenvalue weighted by molar-refractivity contribution is 5.73. The molecule has 0 aromatic heterocycles. The summed E-state index contributed by atoms with van der Waals surface area (Å²) in [5.41, 5.74) is 0. The van der Waals surface area contributed by atoms with Gasteiger partial charge in [-0.25, -0.2) is 0 Å². The van der Waals surface area contributed by atoms with Crippen molar-refractivity contribution in [3.05, 3.63) is 0 Å². The summed E-state index contributed by atoms with van der Waals surface area (Å²) in [6.45, 7) is 0.959. The molecule has 13 nitrogen and oxygen atoms in total. The van der Waals surface area contributed by atoms with Crippen molar-refractivity contribution in [1.82, 2.24) is 10.6 Å². The topological polar surface area (TPSA) is 207 Å². The predicted octanol–water partition coefficient (Wildman–Crippen LogP) is -5.11. The highest BCUT2D eigenvalue weighted by Gasteiger charge is 2.51. The van der Waals surface area contributed by atoms with E-state index in [-0.39, 0.29) is 0 Å². The molecular weight excluding hydrogens is 396 g/mol. The van der Waals surface area contributed by atoms with Crippen LogP contribution in [-0.4, -0.2) is 117 Å². The van der Waals surface area contributed by atoms with Gasteiger partial charge in [-0.15, -0.1) is 0 Å². The summed E-state index contributed by atoms with van der Waals surface area (Å²) in [4.78, 5) is 23.0. The van der Waals surface area contributed by atoms with Crippen molar-refractivity contribution >= 4 is 11.8 Å². The SMILES string of the molecule is CC(=O)N[C@H]1C(O)[C@@H](O)C(CO)O[C@H]1OC1[C@@H](O)C(CO)O[C@@H](O)[C@H]1NC(C)=O.